The van der Waals surface area contributed by atoms with E-state index in [1.165, 1.54) is 40.7 Å². The van der Waals surface area contributed by atoms with Crippen LogP contribution in [0.5, 0.6) is 0 Å². The van der Waals surface area contributed by atoms with E-state index in [9.17, 15) is 0 Å². The molecule has 0 amide bonds. The van der Waals surface area contributed by atoms with Gasteiger partial charge in [0.1, 0.15) is 0 Å². The monoisotopic (exact) mass is 438 g/mol. The molecule has 0 aromatic heterocycles. The SMILES string of the molecule is C=CC1=CI=CC(Cc2c(Cc3cccc(C)c3)ccc3c2CC3)=C1. The second-order valence-corrected chi connectivity index (χ2v) is 8.92. The van der Waals surface area contributed by atoms with Crippen LogP contribution in [0.15, 0.2) is 70.4 Å². The molecule has 126 valence electrons. The minimum absolute atomic E-state index is 0.0398. The number of rotatable bonds is 5. The van der Waals surface area contributed by atoms with Crippen LogP contribution in [-0.2, 0) is 25.7 Å². The van der Waals surface area contributed by atoms with Gasteiger partial charge in [0.25, 0.3) is 0 Å². The molecule has 0 nitrogen and oxygen atoms in total. The first-order valence-electron chi connectivity index (χ1n) is 8.89. The van der Waals surface area contributed by atoms with Gasteiger partial charge in [0.2, 0.25) is 0 Å². The molecule has 0 atom stereocenters. The third-order valence-electron chi connectivity index (χ3n) is 5.11. The molecule has 1 aliphatic heterocycles. The predicted octanol–water partition coefficient (Wildman–Crippen LogP) is 6.01. The van der Waals surface area contributed by atoms with Gasteiger partial charge in [-0.2, -0.15) is 0 Å². The van der Waals surface area contributed by atoms with Crippen molar-refractivity contribution in [1.29, 1.82) is 0 Å². The number of halogens is 1. The largest absolute Gasteiger partial charge is 0.0985 e. The van der Waals surface area contributed by atoms with Crippen molar-refractivity contribution in [3.05, 3.63) is 104 Å². The lowest BCUT2D eigenvalue weighted by Gasteiger charge is -2.26. The van der Waals surface area contributed by atoms with Crippen LogP contribution in [0.1, 0.15) is 33.4 Å². The maximum absolute atomic E-state index is 3.94. The van der Waals surface area contributed by atoms with Crippen LogP contribution in [-0.4, -0.2) is 4.01 Å². The summed E-state index contributed by atoms with van der Waals surface area (Å²) in [5, 5.41) is 0. The Morgan fingerprint density at radius 3 is 2.80 bits per heavy atom. The van der Waals surface area contributed by atoms with Crippen molar-refractivity contribution in [2.75, 3.05) is 0 Å². The van der Waals surface area contributed by atoms with Crippen molar-refractivity contribution in [3.63, 3.8) is 0 Å². The van der Waals surface area contributed by atoms with E-state index in [0.717, 1.165) is 12.8 Å². The van der Waals surface area contributed by atoms with Crippen LogP contribution in [0.25, 0.3) is 0 Å². The van der Waals surface area contributed by atoms with Gasteiger partial charge in [-0.1, -0.05) is 81.4 Å². The van der Waals surface area contributed by atoms with Crippen molar-refractivity contribution in [3.8, 4) is 0 Å². The molecule has 4 rings (SSSR count). The molecule has 1 heterocycles. The van der Waals surface area contributed by atoms with Crippen LogP contribution >= 0.6 is 20.7 Å². The first-order chi connectivity index (χ1) is 12.2. The third-order valence-corrected chi connectivity index (χ3v) is 7.35. The highest BCUT2D eigenvalue weighted by Crippen LogP contribution is 2.33. The summed E-state index contributed by atoms with van der Waals surface area (Å²) in [6, 6.07) is 13.7. The number of aryl methyl sites for hydroxylation is 2. The first-order valence-corrected chi connectivity index (χ1v) is 11.4. The zero-order valence-corrected chi connectivity index (χ0v) is 16.8. The summed E-state index contributed by atoms with van der Waals surface area (Å²) in [5.41, 5.74) is 11.8. The maximum Gasteiger partial charge on any atom is -0.00155 e. The Balaban J connectivity index is 1.68. The summed E-state index contributed by atoms with van der Waals surface area (Å²) < 4.78 is 4.83. The van der Waals surface area contributed by atoms with Crippen LogP contribution in [0.4, 0.5) is 0 Å². The average Bonchev–Trinajstić information content (AvgIpc) is 2.59. The lowest BCUT2D eigenvalue weighted by Crippen LogP contribution is -2.15. The Kier molecular flexibility index (Phi) is 4.85. The quantitative estimate of drug-likeness (QED) is 0.502. The number of fused-ring (bicyclic) bond motifs is 1. The van der Waals surface area contributed by atoms with Gasteiger partial charge >= 0.3 is 0 Å². The van der Waals surface area contributed by atoms with E-state index >= 15 is 0 Å². The van der Waals surface area contributed by atoms with Crippen molar-refractivity contribution < 1.29 is 0 Å². The first kappa shape index (κ1) is 16.7. The van der Waals surface area contributed by atoms with E-state index in [2.05, 4.69) is 64.1 Å². The zero-order chi connectivity index (χ0) is 17.2. The summed E-state index contributed by atoms with van der Waals surface area (Å²) in [4.78, 5) is 0. The van der Waals surface area contributed by atoms with Crippen LogP contribution < -0.4 is 0 Å². The van der Waals surface area contributed by atoms with Gasteiger partial charge in [-0.3, -0.25) is 0 Å². The van der Waals surface area contributed by atoms with Crippen molar-refractivity contribution >= 4 is 24.7 Å². The minimum Gasteiger partial charge on any atom is -0.0985 e. The van der Waals surface area contributed by atoms with E-state index < -0.39 is 0 Å². The molecule has 0 bridgehead atoms. The van der Waals surface area contributed by atoms with Gasteiger partial charge in [0.05, 0.1) is 0 Å². The van der Waals surface area contributed by atoms with E-state index in [1.807, 2.05) is 6.08 Å². The molecule has 0 spiro atoms. The molecule has 2 aliphatic rings. The van der Waals surface area contributed by atoms with Gasteiger partial charge in [-0.25, -0.2) is 0 Å². The molecule has 0 N–H and O–H groups in total. The molecule has 2 aromatic carbocycles. The fourth-order valence-corrected chi connectivity index (χ4v) is 5.60. The highest BCUT2D eigenvalue weighted by molar-refractivity contribution is 14.2. The smallest absolute Gasteiger partial charge is 0.00155 e. The molecule has 1 heteroatoms. The fourth-order valence-electron chi connectivity index (χ4n) is 3.71. The molecule has 25 heavy (non-hydrogen) atoms. The van der Waals surface area contributed by atoms with Crippen LogP contribution in [0, 0.1) is 6.92 Å². The predicted molar refractivity (Wildman–Crippen MR) is 118 cm³/mol. The molecule has 1 aliphatic carbocycles. The van der Waals surface area contributed by atoms with Gasteiger partial charge in [-0.15, -0.1) is 0 Å². The lowest BCUT2D eigenvalue weighted by molar-refractivity contribution is 0.811. The van der Waals surface area contributed by atoms with Gasteiger partial charge in [0, 0.05) is 0 Å². The standard InChI is InChI=1S/C24H23I/c1-3-18-12-20(16-25-15-18)14-24-22(8-7-21-9-10-23(21)24)13-19-6-4-5-17(2)11-19/h3-8,11-12,15-16H,1,9-10,13-14H2,2H3. The summed E-state index contributed by atoms with van der Waals surface area (Å²) in [5.74, 6) is 0. The second kappa shape index (κ2) is 7.25. The molecule has 0 unspecified atom stereocenters. The Hall–Kier alpha value is -1.74. The van der Waals surface area contributed by atoms with Gasteiger partial charge < -0.3 is 0 Å². The maximum atomic E-state index is 3.94. The number of benzene rings is 2. The Bertz CT molecular complexity index is 925. The summed E-state index contributed by atoms with van der Waals surface area (Å²) in [6.07, 6.45) is 8.93. The number of hydrogen-bond donors (Lipinski definition) is 0. The summed E-state index contributed by atoms with van der Waals surface area (Å²) in [6.45, 7) is 6.12. The second-order valence-electron chi connectivity index (χ2n) is 6.95. The zero-order valence-electron chi connectivity index (χ0n) is 14.7. The van der Waals surface area contributed by atoms with E-state index in [4.69, 9.17) is 0 Å². The molecular formula is C24H23I. The van der Waals surface area contributed by atoms with Gasteiger partial charge in [-0.05, 0) is 79.7 Å². The molecular weight excluding hydrogens is 415 g/mol. The molecule has 2 aromatic rings. The highest BCUT2D eigenvalue weighted by atomic mass is 127. The third kappa shape index (κ3) is 3.62. The topological polar surface area (TPSA) is 0 Å². The number of allylic oxidation sites excluding steroid dienone is 4. The Morgan fingerprint density at radius 1 is 1.12 bits per heavy atom. The van der Waals surface area contributed by atoms with Gasteiger partial charge in [0.15, 0.2) is 0 Å². The van der Waals surface area contributed by atoms with Crippen LogP contribution in [0.3, 0.4) is 0 Å². The molecule has 0 radical (unpaired) electrons. The summed E-state index contributed by atoms with van der Waals surface area (Å²) >= 11 is 0.0398. The van der Waals surface area contributed by atoms with Crippen LogP contribution in [0.2, 0.25) is 0 Å². The minimum atomic E-state index is 0.0398. The molecule has 0 saturated carbocycles. The average molecular weight is 438 g/mol. The van der Waals surface area contributed by atoms with Crippen molar-refractivity contribution in [2.45, 2.75) is 32.6 Å². The number of hydrogen-bond acceptors (Lipinski definition) is 0. The van der Waals surface area contributed by atoms with E-state index in [1.54, 1.807) is 16.7 Å². The Labute approximate surface area is 160 Å². The molecule has 0 fully saturated rings. The van der Waals surface area contributed by atoms with E-state index in [-0.39, 0.29) is 20.7 Å². The Morgan fingerprint density at radius 2 is 2.04 bits per heavy atom. The van der Waals surface area contributed by atoms with E-state index in [0.29, 0.717) is 0 Å². The van der Waals surface area contributed by atoms with Crippen molar-refractivity contribution in [2.24, 2.45) is 0 Å². The lowest BCUT2D eigenvalue weighted by atomic mass is 9.79. The van der Waals surface area contributed by atoms with Crippen molar-refractivity contribution in [1.82, 2.24) is 0 Å². The normalized spacial score (nSPS) is 15.4. The summed E-state index contributed by atoms with van der Waals surface area (Å²) in [7, 11) is 0. The highest BCUT2D eigenvalue weighted by Gasteiger charge is 2.20. The fraction of sp³-hybridized carbons (Fsp3) is 0.208. The molecule has 0 saturated heterocycles.